The number of hydrogen-bond donors (Lipinski definition) is 0. The van der Waals surface area contributed by atoms with Crippen LogP contribution >= 0.6 is 0 Å². The van der Waals surface area contributed by atoms with Crippen LogP contribution in [0.2, 0.25) is 0 Å². The van der Waals surface area contributed by atoms with Crippen LogP contribution in [-0.4, -0.2) is 14.8 Å². The van der Waals surface area contributed by atoms with Gasteiger partial charge in [0.2, 0.25) is 0 Å². The van der Waals surface area contributed by atoms with Gasteiger partial charge in [-0.1, -0.05) is 66.8 Å². The van der Waals surface area contributed by atoms with E-state index in [1.165, 1.54) is 12.1 Å². The first-order valence-corrected chi connectivity index (χ1v) is 8.55. The Morgan fingerprint density at radius 3 is 2.00 bits per heavy atom. The van der Waals surface area contributed by atoms with E-state index in [2.05, 4.69) is 16.3 Å². The fraction of sp³-hybridized carbons (Fsp3) is 0.143. The fourth-order valence-corrected chi connectivity index (χ4v) is 3.15. The summed E-state index contributed by atoms with van der Waals surface area (Å²) in [4.78, 5) is 0. The third kappa shape index (κ3) is 3.43. The van der Waals surface area contributed by atoms with Crippen molar-refractivity contribution in [2.24, 2.45) is 0 Å². The Labute approximate surface area is 154 Å². The van der Waals surface area contributed by atoms with E-state index in [1.54, 1.807) is 0 Å². The van der Waals surface area contributed by atoms with Gasteiger partial charge in [0, 0.05) is 11.1 Å². The van der Waals surface area contributed by atoms with Crippen molar-refractivity contribution in [3.8, 4) is 22.8 Å². The quantitative estimate of drug-likeness (QED) is 0.595. The molecule has 136 valence electrons. The first-order valence-electron chi connectivity index (χ1n) is 8.55. The number of benzene rings is 2. The normalized spacial score (nSPS) is 16.6. The molecule has 0 amide bonds. The SMILES string of the molecule is FC(F)(F)c1ccc(-c2nnc(-c3ccccc3)n2C2C=CC=CC2)cc1. The molecule has 0 N–H and O–H groups in total. The molecule has 1 aromatic heterocycles. The summed E-state index contributed by atoms with van der Waals surface area (Å²) in [7, 11) is 0. The molecule has 0 bridgehead atoms. The van der Waals surface area contributed by atoms with Crippen molar-refractivity contribution in [1.82, 2.24) is 14.8 Å². The molecule has 0 spiro atoms. The summed E-state index contributed by atoms with van der Waals surface area (Å²) in [5.41, 5.74) is 0.827. The van der Waals surface area contributed by atoms with Gasteiger partial charge in [-0.15, -0.1) is 10.2 Å². The second-order valence-corrected chi connectivity index (χ2v) is 6.27. The predicted octanol–water partition coefficient (Wildman–Crippen LogP) is 5.69. The first-order chi connectivity index (χ1) is 13.0. The molecule has 6 heteroatoms. The number of alkyl halides is 3. The highest BCUT2D eigenvalue weighted by atomic mass is 19.4. The molecule has 2 aromatic carbocycles. The summed E-state index contributed by atoms with van der Waals surface area (Å²) in [6.07, 6.45) is 4.43. The molecule has 0 saturated carbocycles. The van der Waals surface area contributed by atoms with Crippen molar-refractivity contribution in [1.29, 1.82) is 0 Å². The second-order valence-electron chi connectivity index (χ2n) is 6.27. The minimum absolute atomic E-state index is 0.00232. The lowest BCUT2D eigenvalue weighted by Gasteiger charge is -2.20. The van der Waals surface area contributed by atoms with Crippen LogP contribution in [0.1, 0.15) is 18.0 Å². The Morgan fingerprint density at radius 1 is 0.815 bits per heavy atom. The van der Waals surface area contributed by atoms with Crippen LogP contribution in [0.3, 0.4) is 0 Å². The molecule has 1 aliphatic rings. The third-order valence-corrected chi connectivity index (χ3v) is 4.49. The number of allylic oxidation sites excluding steroid dienone is 4. The summed E-state index contributed by atoms with van der Waals surface area (Å²) < 4.78 is 40.6. The Hall–Kier alpha value is -3.15. The van der Waals surface area contributed by atoms with Crippen LogP contribution < -0.4 is 0 Å². The summed E-state index contributed by atoms with van der Waals surface area (Å²) in [5, 5.41) is 8.65. The number of hydrogen-bond acceptors (Lipinski definition) is 2. The molecule has 1 heterocycles. The third-order valence-electron chi connectivity index (χ3n) is 4.49. The molecule has 1 unspecified atom stereocenters. The topological polar surface area (TPSA) is 30.7 Å². The summed E-state index contributed by atoms with van der Waals surface area (Å²) in [6, 6.07) is 14.7. The average Bonchev–Trinajstić information content (AvgIpc) is 3.14. The number of nitrogens with zero attached hydrogens (tertiary/aromatic N) is 3. The Bertz CT molecular complexity index is 984. The molecule has 1 aliphatic carbocycles. The van der Waals surface area contributed by atoms with Gasteiger partial charge in [-0.3, -0.25) is 4.57 Å². The van der Waals surface area contributed by atoms with Gasteiger partial charge in [0.25, 0.3) is 0 Å². The molecule has 4 rings (SSSR count). The van der Waals surface area contributed by atoms with Crippen LogP contribution in [0.15, 0.2) is 78.9 Å². The standard InChI is InChI=1S/C21H16F3N3/c22-21(23,24)17-13-11-16(12-14-17)20-26-25-19(15-7-3-1-4-8-15)27(20)18-9-5-2-6-10-18/h1-9,11-14,18H,10H2. The van der Waals surface area contributed by atoms with E-state index >= 15 is 0 Å². The molecule has 0 aliphatic heterocycles. The molecule has 0 saturated heterocycles. The summed E-state index contributed by atoms with van der Waals surface area (Å²) in [5.74, 6) is 1.24. The van der Waals surface area contributed by atoms with Crippen molar-refractivity contribution >= 4 is 0 Å². The van der Waals surface area contributed by atoms with E-state index in [-0.39, 0.29) is 6.04 Å². The molecule has 3 nitrogen and oxygen atoms in total. The van der Waals surface area contributed by atoms with Crippen molar-refractivity contribution in [2.45, 2.75) is 18.6 Å². The molecule has 1 atom stereocenters. The highest BCUT2D eigenvalue weighted by Gasteiger charge is 2.30. The zero-order valence-corrected chi connectivity index (χ0v) is 14.3. The van der Waals surface area contributed by atoms with E-state index < -0.39 is 11.7 Å². The van der Waals surface area contributed by atoms with Crippen LogP contribution in [0, 0.1) is 0 Å². The van der Waals surface area contributed by atoms with Gasteiger partial charge in [-0.2, -0.15) is 13.2 Å². The van der Waals surface area contributed by atoms with E-state index in [4.69, 9.17) is 0 Å². The molecular weight excluding hydrogens is 351 g/mol. The first kappa shape index (κ1) is 17.3. The largest absolute Gasteiger partial charge is 0.416 e. The van der Waals surface area contributed by atoms with Gasteiger partial charge in [0.15, 0.2) is 11.6 Å². The van der Waals surface area contributed by atoms with E-state index in [9.17, 15) is 13.2 Å². The van der Waals surface area contributed by atoms with E-state index in [1.807, 2.05) is 53.1 Å². The number of aromatic nitrogens is 3. The van der Waals surface area contributed by atoms with E-state index in [0.29, 0.717) is 17.2 Å². The Morgan fingerprint density at radius 2 is 1.44 bits per heavy atom. The molecule has 27 heavy (non-hydrogen) atoms. The molecule has 0 radical (unpaired) electrons. The minimum atomic E-state index is -4.36. The smallest absolute Gasteiger partial charge is 0.300 e. The monoisotopic (exact) mass is 367 g/mol. The van der Waals surface area contributed by atoms with Gasteiger partial charge in [0.05, 0.1) is 11.6 Å². The second kappa shape index (κ2) is 6.87. The maximum absolute atomic E-state index is 12.9. The highest BCUT2D eigenvalue weighted by Crippen LogP contribution is 2.34. The van der Waals surface area contributed by atoms with Crippen LogP contribution in [-0.2, 0) is 6.18 Å². The minimum Gasteiger partial charge on any atom is -0.300 e. The highest BCUT2D eigenvalue weighted by molar-refractivity contribution is 5.63. The zero-order valence-electron chi connectivity index (χ0n) is 14.3. The van der Waals surface area contributed by atoms with E-state index in [0.717, 1.165) is 24.1 Å². The maximum Gasteiger partial charge on any atom is 0.416 e. The van der Waals surface area contributed by atoms with Crippen molar-refractivity contribution < 1.29 is 13.2 Å². The summed E-state index contributed by atoms with van der Waals surface area (Å²) >= 11 is 0. The predicted molar refractivity (Wildman–Crippen MR) is 97.8 cm³/mol. The molecule has 0 fully saturated rings. The zero-order chi connectivity index (χ0) is 18.9. The average molecular weight is 367 g/mol. The van der Waals surface area contributed by atoms with Gasteiger partial charge < -0.3 is 0 Å². The number of halogens is 3. The van der Waals surface area contributed by atoms with Crippen molar-refractivity contribution in [3.05, 3.63) is 84.5 Å². The van der Waals surface area contributed by atoms with Crippen LogP contribution in [0.5, 0.6) is 0 Å². The maximum atomic E-state index is 12.9. The van der Waals surface area contributed by atoms with Gasteiger partial charge in [-0.25, -0.2) is 0 Å². The fourth-order valence-electron chi connectivity index (χ4n) is 3.15. The van der Waals surface area contributed by atoms with Gasteiger partial charge in [-0.05, 0) is 18.6 Å². The Kier molecular flexibility index (Phi) is 4.39. The van der Waals surface area contributed by atoms with Crippen LogP contribution in [0.4, 0.5) is 13.2 Å². The number of rotatable bonds is 3. The lowest BCUT2D eigenvalue weighted by Crippen LogP contribution is -2.11. The Balaban J connectivity index is 1.82. The van der Waals surface area contributed by atoms with Crippen LogP contribution in [0.25, 0.3) is 22.8 Å². The molecular formula is C21H16F3N3. The molecule has 3 aromatic rings. The van der Waals surface area contributed by atoms with Gasteiger partial charge in [0.1, 0.15) is 0 Å². The van der Waals surface area contributed by atoms with Crippen molar-refractivity contribution in [3.63, 3.8) is 0 Å². The van der Waals surface area contributed by atoms with Crippen molar-refractivity contribution in [2.75, 3.05) is 0 Å². The lowest BCUT2D eigenvalue weighted by atomic mass is 10.1. The lowest BCUT2D eigenvalue weighted by molar-refractivity contribution is -0.137. The summed E-state index contributed by atoms with van der Waals surface area (Å²) in [6.45, 7) is 0. The van der Waals surface area contributed by atoms with Gasteiger partial charge >= 0.3 is 6.18 Å².